The van der Waals surface area contributed by atoms with E-state index >= 15 is 0 Å². The van der Waals surface area contributed by atoms with Crippen LogP contribution in [0.3, 0.4) is 0 Å². The van der Waals surface area contributed by atoms with Crippen LogP contribution in [0.5, 0.6) is 11.5 Å². The third-order valence-corrected chi connectivity index (χ3v) is 5.47. The largest absolute Gasteiger partial charge is 0.457 e. The van der Waals surface area contributed by atoms with Crippen LogP contribution < -0.4 is 10.1 Å². The van der Waals surface area contributed by atoms with E-state index in [4.69, 9.17) is 9.15 Å². The van der Waals surface area contributed by atoms with Gasteiger partial charge in [0.05, 0.1) is 11.6 Å². The fourth-order valence-corrected chi connectivity index (χ4v) is 4.13. The number of para-hydroxylation sites is 2. The van der Waals surface area contributed by atoms with Gasteiger partial charge in [-0.15, -0.1) is 0 Å². The lowest BCUT2D eigenvalue weighted by Crippen LogP contribution is -2.31. The second kappa shape index (κ2) is 6.37. The maximum absolute atomic E-state index is 13.1. The molecule has 0 saturated carbocycles. The lowest BCUT2D eigenvalue weighted by molar-refractivity contribution is 0.0907. The van der Waals surface area contributed by atoms with Crippen LogP contribution in [0.4, 0.5) is 0 Å². The molecule has 1 N–H and O–H groups in total. The Kier molecular flexibility index (Phi) is 3.83. The minimum atomic E-state index is -0.356. The standard InChI is InChI=1S/C23H19NO4/c1-13-20-16(25)9-6-12-19(20)28-22(13)23(26)24-21-14-7-2-4-10-17(14)27-18-11-5-3-8-15(18)21/h2-5,7-8,10-11,21H,6,9,12H2,1H3,(H,24,26). The molecule has 1 amide bonds. The molecule has 0 bridgehead atoms. The molecule has 0 unspecified atom stereocenters. The van der Waals surface area contributed by atoms with Gasteiger partial charge in [0, 0.05) is 29.5 Å². The SMILES string of the molecule is Cc1c(C(=O)NC2c3ccccc3Oc3ccccc32)oc2c1C(=O)CCC2. The highest BCUT2D eigenvalue weighted by molar-refractivity contribution is 6.03. The van der Waals surface area contributed by atoms with Crippen LogP contribution in [0.1, 0.15) is 62.2 Å². The molecule has 1 aliphatic heterocycles. The summed E-state index contributed by atoms with van der Waals surface area (Å²) in [6.45, 7) is 1.78. The van der Waals surface area contributed by atoms with Crippen molar-refractivity contribution in [3.05, 3.63) is 82.3 Å². The van der Waals surface area contributed by atoms with Crippen molar-refractivity contribution in [3.63, 3.8) is 0 Å². The van der Waals surface area contributed by atoms with Gasteiger partial charge in [0.15, 0.2) is 11.5 Å². The Balaban J connectivity index is 1.54. The third kappa shape index (κ3) is 2.54. The van der Waals surface area contributed by atoms with Crippen LogP contribution in [0, 0.1) is 6.92 Å². The van der Waals surface area contributed by atoms with Crippen LogP contribution in [-0.4, -0.2) is 11.7 Å². The van der Waals surface area contributed by atoms with Gasteiger partial charge in [0.2, 0.25) is 0 Å². The van der Waals surface area contributed by atoms with E-state index in [1.54, 1.807) is 6.92 Å². The molecule has 2 heterocycles. The van der Waals surface area contributed by atoms with E-state index in [9.17, 15) is 9.59 Å². The van der Waals surface area contributed by atoms with Gasteiger partial charge in [-0.3, -0.25) is 9.59 Å². The van der Waals surface area contributed by atoms with Gasteiger partial charge >= 0.3 is 0 Å². The number of ether oxygens (including phenoxy) is 1. The highest BCUT2D eigenvalue weighted by Crippen LogP contribution is 2.42. The summed E-state index contributed by atoms with van der Waals surface area (Å²) in [6, 6.07) is 15.0. The Morgan fingerprint density at radius 3 is 2.29 bits per heavy atom. The summed E-state index contributed by atoms with van der Waals surface area (Å²) in [5.74, 6) is 2.03. The number of nitrogens with one attached hydrogen (secondary N) is 1. The smallest absolute Gasteiger partial charge is 0.288 e. The average Bonchev–Trinajstić information content (AvgIpc) is 3.05. The highest BCUT2D eigenvalue weighted by Gasteiger charge is 2.32. The van der Waals surface area contributed by atoms with E-state index in [1.807, 2.05) is 48.5 Å². The summed E-state index contributed by atoms with van der Waals surface area (Å²) in [5, 5.41) is 3.09. The van der Waals surface area contributed by atoms with E-state index in [1.165, 1.54) is 0 Å². The van der Waals surface area contributed by atoms with Crippen LogP contribution >= 0.6 is 0 Å². The van der Waals surface area contributed by atoms with Crippen LogP contribution in [-0.2, 0) is 6.42 Å². The summed E-state index contributed by atoms with van der Waals surface area (Å²) in [5.41, 5.74) is 2.99. The van der Waals surface area contributed by atoms with E-state index in [2.05, 4.69) is 5.32 Å². The summed E-state index contributed by atoms with van der Waals surface area (Å²) >= 11 is 0. The molecule has 1 aromatic heterocycles. The number of furan rings is 1. The van der Waals surface area contributed by atoms with Gasteiger partial charge in [0.25, 0.3) is 5.91 Å². The number of benzene rings is 2. The first-order valence-corrected chi connectivity index (χ1v) is 9.45. The topological polar surface area (TPSA) is 68.5 Å². The predicted octanol–water partition coefficient (Wildman–Crippen LogP) is 4.73. The molecule has 2 aromatic carbocycles. The fraction of sp³-hybridized carbons (Fsp3) is 0.217. The zero-order chi connectivity index (χ0) is 19.3. The molecule has 0 saturated heterocycles. The Labute approximate surface area is 162 Å². The first-order valence-electron chi connectivity index (χ1n) is 9.45. The average molecular weight is 373 g/mol. The zero-order valence-corrected chi connectivity index (χ0v) is 15.5. The first kappa shape index (κ1) is 16.8. The Bertz CT molecular complexity index is 1070. The number of Topliss-reactive ketones (excluding diaryl/α,β-unsaturated/α-hetero) is 1. The normalized spacial score (nSPS) is 15.2. The van der Waals surface area contributed by atoms with Gasteiger partial charge in [-0.1, -0.05) is 36.4 Å². The number of ketones is 1. The second-order valence-corrected chi connectivity index (χ2v) is 7.22. The summed E-state index contributed by atoms with van der Waals surface area (Å²) in [6.07, 6.45) is 1.97. The minimum Gasteiger partial charge on any atom is -0.457 e. The summed E-state index contributed by atoms with van der Waals surface area (Å²) in [4.78, 5) is 25.4. The van der Waals surface area contributed by atoms with Crippen molar-refractivity contribution in [2.75, 3.05) is 0 Å². The fourth-order valence-electron chi connectivity index (χ4n) is 4.13. The van der Waals surface area contributed by atoms with E-state index < -0.39 is 0 Å². The molecule has 3 aromatic rings. The molecule has 5 nitrogen and oxygen atoms in total. The predicted molar refractivity (Wildman–Crippen MR) is 103 cm³/mol. The number of fused-ring (bicyclic) bond motifs is 3. The molecule has 0 atom stereocenters. The molecule has 0 fully saturated rings. The summed E-state index contributed by atoms with van der Waals surface area (Å²) < 4.78 is 11.8. The zero-order valence-electron chi connectivity index (χ0n) is 15.5. The van der Waals surface area contributed by atoms with Gasteiger partial charge < -0.3 is 14.5 Å². The molecule has 0 radical (unpaired) electrons. The van der Waals surface area contributed by atoms with Gasteiger partial charge in [-0.2, -0.15) is 0 Å². The van der Waals surface area contributed by atoms with Crippen LogP contribution in [0.2, 0.25) is 0 Å². The monoisotopic (exact) mass is 373 g/mol. The van der Waals surface area contributed by atoms with E-state index in [0.717, 1.165) is 29.0 Å². The van der Waals surface area contributed by atoms with Gasteiger partial charge in [-0.05, 0) is 25.5 Å². The van der Waals surface area contributed by atoms with E-state index in [0.29, 0.717) is 29.7 Å². The Morgan fingerprint density at radius 1 is 1.00 bits per heavy atom. The Hall–Kier alpha value is -3.34. The molecule has 0 spiro atoms. The van der Waals surface area contributed by atoms with Crippen molar-refractivity contribution in [1.29, 1.82) is 0 Å². The lowest BCUT2D eigenvalue weighted by atomic mass is 9.93. The van der Waals surface area contributed by atoms with Crippen molar-refractivity contribution < 1.29 is 18.7 Å². The molecule has 2 aliphatic rings. The second-order valence-electron chi connectivity index (χ2n) is 7.22. The van der Waals surface area contributed by atoms with Crippen molar-refractivity contribution >= 4 is 11.7 Å². The van der Waals surface area contributed by atoms with Gasteiger partial charge in [-0.25, -0.2) is 0 Å². The van der Waals surface area contributed by atoms with Crippen molar-refractivity contribution in [1.82, 2.24) is 5.32 Å². The minimum absolute atomic E-state index is 0.0586. The molecule has 140 valence electrons. The van der Waals surface area contributed by atoms with E-state index in [-0.39, 0.29) is 23.5 Å². The van der Waals surface area contributed by atoms with Crippen LogP contribution in [0.15, 0.2) is 52.9 Å². The van der Waals surface area contributed by atoms with Crippen molar-refractivity contribution in [3.8, 4) is 11.5 Å². The molecule has 28 heavy (non-hydrogen) atoms. The molecule has 5 rings (SSSR count). The molecular weight excluding hydrogens is 354 g/mol. The number of hydrogen-bond donors (Lipinski definition) is 1. The quantitative estimate of drug-likeness (QED) is 0.705. The Morgan fingerprint density at radius 2 is 1.64 bits per heavy atom. The number of carbonyl (C=O) groups excluding carboxylic acids is 2. The highest BCUT2D eigenvalue weighted by atomic mass is 16.5. The van der Waals surface area contributed by atoms with Crippen LogP contribution in [0.25, 0.3) is 0 Å². The number of aryl methyl sites for hydroxylation is 1. The number of amides is 1. The third-order valence-electron chi connectivity index (χ3n) is 5.47. The van der Waals surface area contributed by atoms with Gasteiger partial charge in [0.1, 0.15) is 17.3 Å². The number of rotatable bonds is 2. The summed E-state index contributed by atoms with van der Waals surface area (Å²) in [7, 11) is 0. The number of carbonyl (C=O) groups is 2. The molecular formula is C23H19NO4. The molecule has 1 aliphatic carbocycles. The number of hydrogen-bond acceptors (Lipinski definition) is 4. The van der Waals surface area contributed by atoms with Crippen molar-refractivity contribution in [2.24, 2.45) is 0 Å². The first-order chi connectivity index (χ1) is 13.6. The van der Waals surface area contributed by atoms with Crippen molar-refractivity contribution in [2.45, 2.75) is 32.2 Å². The maximum atomic E-state index is 13.1. The maximum Gasteiger partial charge on any atom is 0.288 e. The lowest BCUT2D eigenvalue weighted by Gasteiger charge is -2.28. The molecule has 5 heteroatoms.